The SMILES string of the molecule is NCc1c(Cl)ccc([N+](=O)[O-])c1N1CCOCC1. The Morgan fingerprint density at radius 2 is 2.11 bits per heavy atom. The van der Waals surface area contributed by atoms with Crippen LogP contribution in [-0.4, -0.2) is 31.2 Å². The van der Waals surface area contributed by atoms with Crippen molar-refractivity contribution < 1.29 is 9.66 Å². The highest BCUT2D eigenvalue weighted by Crippen LogP contribution is 2.36. The van der Waals surface area contributed by atoms with E-state index in [-0.39, 0.29) is 12.2 Å². The van der Waals surface area contributed by atoms with Gasteiger partial charge in [0.1, 0.15) is 5.69 Å². The number of anilines is 1. The van der Waals surface area contributed by atoms with E-state index < -0.39 is 4.92 Å². The highest BCUT2D eigenvalue weighted by atomic mass is 35.5. The van der Waals surface area contributed by atoms with Crippen molar-refractivity contribution in [3.63, 3.8) is 0 Å². The molecular formula is C11H14ClN3O3. The highest BCUT2D eigenvalue weighted by molar-refractivity contribution is 6.32. The van der Waals surface area contributed by atoms with Crippen LogP contribution in [0.4, 0.5) is 11.4 Å². The lowest BCUT2D eigenvalue weighted by molar-refractivity contribution is -0.384. The molecule has 0 aliphatic carbocycles. The lowest BCUT2D eigenvalue weighted by Gasteiger charge is -2.30. The lowest BCUT2D eigenvalue weighted by Crippen LogP contribution is -2.37. The van der Waals surface area contributed by atoms with E-state index in [2.05, 4.69) is 0 Å². The van der Waals surface area contributed by atoms with Crippen molar-refractivity contribution in [2.75, 3.05) is 31.2 Å². The molecule has 1 aliphatic rings. The summed E-state index contributed by atoms with van der Waals surface area (Å²) in [6.07, 6.45) is 0. The van der Waals surface area contributed by atoms with Crippen molar-refractivity contribution in [3.05, 3.63) is 32.8 Å². The van der Waals surface area contributed by atoms with Crippen molar-refractivity contribution in [3.8, 4) is 0 Å². The molecule has 0 spiro atoms. The third-order valence-corrected chi connectivity index (χ3v) is 3.29. The zero-order chi connectivity index (χ0) is 13.1. The first-order chi connectivity index (χ1) is 8.65. The van der Waals surface area contributed by atoms with Gasteiger partial charge in [-0.15, -0.1) is 0 Å². The standard InChI is InChI=1S/C11H14ClN3O3/c12-9-1-2-10(15(16)17)11(8(9)7-13)14-3-5-18-6-4-14/h1-2H,3-7,13H2. The van der Waals surface area contributed by atoms with Gasteiger partial charge in [0.25, 0.3) is 5.69 Å². The summed E-state index contributed by atoms with van der Waals surface area (Å²) in [7, 11) is 0. The molecule has 2 rings (SSSR count). The second-order valence-electron chi connectivity index (χ2n) is 3.95. The number of ether oxygens (including phenoxy) is 1. The average molecular weight is 272 g/mol. The molecule has 0 aromatic heterocycles. The largest absolute Gasteiger partial charge is 0.378 e. The smallest absolute Gasteiger partial charge is 0.292 e. The third-order valence-electron chi connectivity index (χ3n) is 2.93. The topological polar surface area (TPSA) is 81.6 Å². The molecule has 1 heterocycles. The first kappa shape index (κ1) is 13.1. The van der Waals surface area contributed by atoms with E-state index in [1.807, 2.05) is 4.90 Å². The van der Waals surface area contributed by atoms with E-state index in [9.17, 15) is 10.1 Å². The second-order valence-corrected chi connectivity index (χ2v) is 4.36. The molecule has 0 saturated carbocycles. The van der Waals surface area contributed by atoms with Gasteiger partial charge in [-0.05, 0) is 6.07 Å². The van der Waals surface area contributed by atoms with Crippen LogP contribution >= 0.6 is 11.6 Å². The number of rotatable bonds is 3. The molecule has 1 aliphatic heterocycles. The van der Waals surface area contributed by atoms with E-state index in [0.717, 1.165) is 0 Å². The number of hydrogen-bond acceptors (Lipinski definition) is 5. The summed E-state index contributed by atoms with van der Waals surface area (Å²) in [6, 6.07) is 2.94. The Bertz CT molecular complexity index is 461. The predicted octanol–water partition coefficient (Wildman–Crippen LogP) is 1.54. The van der Waals surface area contributed by atoms with Gasteiger partial charge < -0.3 is 15.4 Å². The molecule has 7 heteroatoms. The molecule has 1 saturated heterocycles. The predicted molar refractivity (Wildman–Crippen MR) is 69.0 cm³/mol. The monoisotopic (exact) mass is 271 g/mol. The van der Waals surface area contributed by atoms with Gasteiger partial charge in [0, 0.05) is 36.3 Å². The summed E-state index contributed by atoms with van der Waals surface area (Å²) in [5.74, 6) is 0. The van der Waals surface area contributed by atoms with E-state index in [1.54, 1.807) is 0 Å². The van der Waals surface area contributed by atoms with Crippen molar-refractivity contribution in [1.29, 1.82) is 0 Å². The Morgan fingerprint density at radius 3 is 2.67 bits per heavy atom. The fourth-order valence-corrected chi connectivity index (χ4v) is 2.31. The molecule has 18 heavy (non-hydrogen) atoms. The maximum atomic E-state index is 11.1. The van der Waals surface area contributed by atoms with E-state index in [0.29, 0.717) is 42.6 Å². The molecule has 0 atom stereocenters. The van der Waals surface area contributed by atoms with Crippen LogP contribution in [-0.2, 0) is 11.3 Å². The fraction of sp³-hybridized carbons (Fsp3) is 0.455. The Morgan fingerprint density at radius 1 is 1.44 bits per heavy atom. The summed E-state index contributed by atoms with van der Waals surface area (Å²) in [6.45, 7) is 2.48. The van der Waals surface area contributed by atoms with Gasteiger partial charge in [-0.3, -0.25) is 10.1 Å². The molecule has 6 nitrogen and oxygen atoms in total. The lowest BCUT2D eigenvalue weighted by atomic mass is 10.1. The second kappa shape index (κ2) is 5.51. The number of halogens is 1. The molecular weight excluding hydrogens is 258 g/mol. The first-order valence-electron chi connectivity index (χ1n) is 5.63. The minimum atomic E-state index is -0.402. The van der Waals surface area contributed by atoms with Gasteiger partial charge in [-0.1, -0.05) is 11.6 Å². The summed E-state index contributed by atoms with van der Waals surface area (Å²) >= 11 is 6.06. The Kier molecular flexibility index (Phi) is 4.00. The number of nitrogens with zero attached hydrogens (tertiary/aromatic N) is 2. The number of benzene rings is 1. The zero-order valence-corrected chi connectivity index (χ0v) is 10.5. The van der Waals surface area contributed by atoms with Gasteiger partial charge in [0.2, 0.25) is 0 Å². The number of nitro groups is 1. The molecule has 0 bridgehead atoms. The van der Waals surface area contributed by atoms with Gasteiger partial charge in [0.05, 0.1) is 18.1 Å². The van der Waals surface area contributed by atoms with Crippen molar-refractivity contribution in [2.45, 2.75) is 6.54 Å². The van der Waals surface area contributed by atoms with Crippen LogP contribution in [0.1, 0.15) is 5.56 Å². The third kappa shape index (κ3) is 2.40. The van der Waals surface area contributed by atoms with Gasteiger partial charge >= 0.3 is 0 Å². The van der Waals surface area contributed by atoms with Crippen molar-refractivity contribution in [2.24, 2.45) is 5.73 Å². The highest BCUT2D eigenvalue weighted by Gasteiger charge is 2.25. The van der Waals surface area contributed by atoms with E-state index in [1.165, 1.54) is 12.1 Å². The van der Waals surface area contributed by atoms with Crippen LogP contribution in [0.2, 0.25) is 5.02 Å². The first-order valence-corrected chi connectivity index (χ1v) is 6.01. The van der Waals surface area contributed by atoms with Crippen LogP contribution in [0, 0.1) is 10.1 Å². The summed E-state index contributed by atoms with van der Waals surface area (Å²) in [5.41, 5.74) is 6.85. The molecule has 1 aromatic carbocycles. The molecule has 98 valence electrons. The number of morpholine rings is 1. The molecule has 1 fully saturated rings. The van der Waals surface area contributed by atoms with E-state index in [4.69, 9.17) is 22.1 Å². The fourth-order valence-electron chi connectivity index (χ4n) is 2.08. The summed E-state index contributed by atoms with van der Waals surface area (Å²) in [4.78, 5) is 12.6. The molecule has 2 N–H and O–H groups in total. The molecule has 0 amide bonds. The zero-order valence-electron chi connectivity index (χ0n) is 9.76. The van der Waals surface area contributed by atoms with Crippen LogP contribution in [0.3, 0.4) is 0 Å². The number of nitrogens with two attached hydrogens (primary N) is 1. The molecule has 0 radical (unpaired) electrons. The van der Waals surface area contributed by atoms with Crippen LogP contribution in [0.25, 0.3) is 0 Å². The summed E-state index contributed by atoms with van der Waals surface area (Å²) < 4.78 is 5.25. The van der Waals surface area contributed by atoms with Gasteiger partial charge in [-0.2, -0.15) is 0 Å². The summed E-state index contributed by atoms with van der Waals surface area (Å²) in [5, 5.41) is 11.6. The maximum absolute atomic E-state index is 11.1. The Balaban J connectivity index is 2.52. The van der Waals surface area contributed by atoms with Crippen LogP contribution in [0.15, 0.2) is 12.1 Å². The molecule has 1 aromatic rings. The quantitative estimate of drug-likeness (QED) is 0.666. The van der Waals surface area contributed by atoms with Crippen molar-refractivity contribution in [1.82, 2.24) is 0 Å². The van der Waals surface area contributed by atoms with Gasteiger partial charge in [0.15, 0.2) is 0 Å². The Labute approximate surface area is 109 Å². The minimum Gasteiger partial charge on any atom is -0.378 e. The average Bonchev–Trinajstić information content (AvgIpc) is 2.39. The Hall–Kier alpha value is -1.37. The van der Waals surface area contributed by atoms with Crippen LogP contribution < -0.4 is 10.6 Å². The van der Waals surface area contributed by atoms with Crippen molar-refractivity contribution >= 4 is 23.0 Å². The van der Waals surface area contributed by atoms with Gasteiger partial charge in [-0.25, -0.2) is 0 Å². The minimum absolute atomic E-state index is 0.0433. The van der Waals surface area contributed by atoms with Crippen LogP contribution in [0.5, 0.6) is 0 Å². The normalized spacial score (nSPS) is 15.8. The number of hydrogen-bond donors (Lipinski definition) is 1. The molecule has 0 unspecified atom stereocenters. The number of nitro benzene ring substituents is 1. The maximum Gasteiger partial charge on any atom is 0.292 e. The van der Waals surface area contributed by atoms with E-state index >= 15 is 0 Å².